The third-order valence-electron chi connectivity index (χ3n) is 2.22. The molecule has 1 rings (SSSR count). The quantitative estimate of drug-likeness (QED) is 0.632. The van der Waals surface area contributed by atoms with Crippen molar-refractivity contribution in [2.75, 3.05) is 0 Å². The summed E-state index contributed by atoms with van der Waals surface area (Å²) < 4.78 is 0. The van der Waals surface area contributed by atoms with E-state index in [1.54, 1.807) is 13.0 Å². The number of amides is 1. The Morgan fingerprint density at radius 1 is 1.59 bits per heavy atom. The number of nitro groups is 1. The van der Waals surface area contributed by atoms with Crippen LogP contribution in [0.1, 0.15) is 22.8 Å². The predicted octanol–water partition coefficient (Wildman–Crippen LogP) is 1.55. The van der Waals surface area contributed by atoms with Gasteiger partial charge in [0.2, 0.25) is 0 Å². The van der Waals surface area contributed by atoms with E-state index in [-0.39, 0.29) is 11.3 Å². The van der Waals surface area contributed by atoms with E-state index in [0.29, 0.717) is 5.56 Å². The van der Waals surface area contributed by atoms with Crippen LogP contribution in [0.5, 0.6) is 0 Å². The van der Waals surface area contributed by atoms with Crippen LogP contribution in [0.25, 0.3) is 0 Å². The van der Waals surface area contributed by atoms with Gasteiger partial charge in [-0.05, 0) is 19.4 Å². The van der Waals surface area contributed by atoms with Crippen LogP contribution >= 0.6 is 0 Å². The molecule has 1 aromatic carbocycles. The summed E-state index contributed by atoms with van der Waals surface area (Å²) in [6.45, 7) is 3.11. The first-order valence-electron chi connectivity index (χ1n) is 4.92. The Labute approximate surface area is 98.0 Å². The van der Waals surface area contributed by atoms with Gasteiger partial charge in [0.1, 0.15) is 11.6 Å². The third-order valence-corrected chi connectivity index (χ3v) is 2.22. The predicted molar refractivity (Wildman–Crippen MR) is 60.4 cm³/mol. The second kappa shape index (κ2) is 5.07. The molecule has 88 valence electrons. The van der Waals surface area contributed by atoms with Crippen LogP contribution in [0.2, 0.25) is 0 Å². The second-order valence-corrected chi connectivity index (χ2v) is 3.55. The van der Waals surface area contributed by atoms with E-state index >= 15 is 0 Å². The summed E-state index contributed by atoms with van der Waals surface area (Å²) in [4.78, 5) is 22.0. The van der Waals surface area contributed by atoms with Gasteiger partial charge < -0.3 is 5.32 Å². The van der Waals surface area contributed by atoms with E-state index in [0.717, 1.165) is 0 Å². The lowest BCUT2D eigenvalue weighted by molar-refractivity contribution is -0.385. The standard InChI is InChI=1S/C11H11N3O3/c1-7-4-3-5-9(14(16)17)10(7)11(15)13-8(2)6-12/h3-5,8H,1-2H3,(H,13,15). The SMILES string of the molecule is Cc1cccc([N+](=O)[O-])c1C(=O)NC(C)C#N. The Hall–Kier alpha value is -2.42. The first-order valence-corrected chi connectivity index (χ1v) is 4.92. The largest absolute Gasteiger partial charge is 0.336 e. The Bertz CT molecular complexity index is 505. The van der Waals surface area contributed by atoms with Crippen molar-refractivity contribution in [1.82, 2.24) is 5.32 Å². The molecule has 17 heavy (non-hydrogen) atoms. The van der Waals surface area contributed by atoms with Crippen LogP contribution in [0.3, 0.4) is 0 Å². The van der Waals surface area contributed by atoms with E-state index in [4.69, 9.17) is 5.26 Å². The van der Waals surface area contributed by atoms with Crippen molar-refractivity contribution in [3.8, 4) is 6.07 Å². The molecule has 0 saturated carbocycles. The highest BCUT2D eigenvalue weighted by molar-refractivity contribution is 5.99. The van der Waals surface area contributed by atoms with Gasteiger partial charge in [-0.15, -0.1) is 0 Å². The molecular weight excluding hydrogens is 222 g/mol. The summed E-state index contributed by atoms with van der Waals surface area (Å²) in [5, 5.41) is 21.8. The number of nitriles is 1. The molecule has 0 saturated heterocycles. The molecule has 6 nitrogen and oxygen atoms in total. The topological polar surface area (TPSA) is 96.0 Å². The third kappa shape index (κ3) is 2.78. The molecule has 0 aliphatic heterocycles. The minimum absolute atomic E-state index is 0.000370. The fourth-order valence-electron chi connectivity index (χ4n) is 1.40. The zero-order valence-electron chi connectivity index (χ0n) is 9.43. The van der Waals surface area contributed by atoms with Crippen molar-refractivity contribution in [2.24, 2.45) is 0 Å². The monoisotopic (exact) mass is 233 g/mol. The zero-order chi connectivity index (χ0) is 13.0. The number of carbonyl (C=O) groups is 1. The summed E-state index contributed by atoms with van der Waals surface area (Å²) >= 11 is 0. The van der Waals surface area contributed by atoms with Gasteiger partial charge >= 0.3 is 0 Å². The number of benzene rings is 1. The lowest BCUT2D eigenvalue weighted by Gasteiger charge is -2.08. The minimum atomic E-state index is -0.693. The van der Waals surface area contributed by atoms with Gasteiger partial charge in [0.15, 0.2) is 0 Å². The highest BCUT2D eigenvalue weighted by Crippen LogP contribution is 2.21. The molecule has 0 bridgehead atoms. The molecule has 0 aliphatic rings. The molecule has 0 aliphatic carbocycles. The molecule has 6 heteroatoms. The minimum Gasteiger partial charge on any atom is -0.336 e. The number of rotatable bonds is 3. The molecule has 0 fully saturated rings. The lowest BCUT2D eigenvalue weighted by atomic mass is 10.1. The number of hydrogen-bond acceptors (Lipinski definition) is 4. The smallest absolute Gasteiger partial charge is 0.282 e. The van der Waals surface area contributed by atoms with Gasteiger partial charge in [0.25, 0.3) is 11.6 Å². The van der Waals surface area contributed by atoms with Crippen LogP contribution in [-0.2, 0) is 0 Å². The summed E-state index contributed by atoms with van der Waals surface area (Å²) in [6, 6.07) is 5.52. The fourth-order valence-corrected chi connectivity index (χ4v) is 1.40. The molecule has 1 aromatic rings. The first kappa shape index (κ1) is 12.6. The summed E-state index contributed by atoms with van der Waals surface area (Å²) in [7, 11) is 0. The van der Waals surface area contributed by atoms with E-state index in [9.17, 15) is 14.9 Å². The molecule has 1 unspecified atom stereocenters. The molecule has 1 amide bonds. The molecule has 0 aromatic heterocycles. The van der Waals surface area contributed by atoms with Gasteiger partial charge in [0.05, 0.1) is 11.0 Å². The van der Waals surface area contributed by atoms with Crippen LogP contribution in [0.4, 0.5) is 5.69 Å². The number of nitrogens with zero attached hydrogens (tertiary/aromatic N) is 2. The van der Waals surface area contributed by atoms with Crippen molar-refractivity contribution in [1.29, 1.82) is 5.26 Å². The average Bonchev–Trinajstić information content (AvgIpc) is 2.28. The fraction of sp³-hybridized carbons (Fsp3) is 0.273. The maximum Gasteiger partial charge on any atom is 0.282 e. The van der Waals surface area contributed by atoms with Gasteiger partial charge in [-0.1, -0.05) is 12.1 Å². The van der Waals surface area contributed by atoms with Crippen LogP contribution in [0, 0.1) is 28.4 Å². The number of nitrogens with one attached hydrogen (secondary N) is 1. The number of nitro benzene ring substituents is 1. The molecule has 0 spiro atoms. The first-order chi connectivity index (χ1) is 7.97. The molecular formula is C11H11N3O3. The highest BCUT2D eigenvalue weighted by Gasteiger charge is 2.22. The number of carbonyl (C=O) groups excluding carboxylic acids is 1. The number of hydrogen-bond donors (Lipinski definition) is 1. The van der Waals surface area contributed by atoms with E-state index in [2.05, 4.69) is 5.32 Å². The molecule has 1 N–H and O–H groups in total. The maximum absolute atomic E-state index is 11.8. The second-order valence-electron chi connectivity index (χ2n) is 3.55. The molecule has 0 radical (unpaired) electrons. The normalized spacial score (nSPS) is 11.4. The van der Waals surface area contributed by atoms with Gasteiger partial charge in [-0.3, -0.25) is 14.9 Å². The van der Waals surface area contributed by atoms with Crippen LogP contribution < -0.4 is 5.32 Å². The summed E-state index contributed by atoms with van der Waals surface area (Å²) in [5.41, 5.74) is 0.245. The summed E-state index contributed by atoms with van der Waals surface area (Å²) in [5.74, 6) is -0.608. The Morgan fingerprint density at radius 3 is 2.76 bits per heavy atom. The van der Waals surface area contributed by atoms with Crippen molar-refractivity contribution < 1.29 is 9.72 Å². The Kier molecular flexibility index (Phi) is 3.78. The van der Waals surface area contributed by atoms with Crippen molar-refractivity contribution >= 4 is 11.6 Å². The molecule has 1 atom stereocenters. The van der Waals surface area contributed by atoms with E-state index < -0.39 is 16.9 Å². The van der Waals surface area contributed by atoms with Gasteiger partial charge in [-0.25, -0.2) is 0 Å². The van der Waals surface area contributed by atoms with Crippen molar-refractivity contribution in [2.45, 2.75) is 19.9 Å². The van der Waals surface area contributed by atoms with Crippen LogP contribution in [-0.4, -0.2) is 16.9 Å². The maximum atomic E-state index is 11.8. The summed E-state index contributed by atoms with van der Waals surface area (Å²) in [6.07, 6.45) is 0. The average molecular weight is 233 g/mol. The van der Waals surface area contributed by atoms with Crippen molar-refractivity contribution in [3.05, 3.63) is 39.4 Å². The van der Waals surface area contributed by atoms with Gasteiger partial charge in [0, 0.05) is 6.07 Å². The zero-order valence-corrected chi connectivity index (χ0v) is 9.43. The van der Waals surface area contributed by atoms with E-state index in [1.165, 1.54) is 19.1 Å². The van der Waals surface area contributed by atoms with E-state index in [1.807, 2.05) is 6.07 Å². The Balaban J connectivity index is 3.17. The van der Waals surface area contributed by atoms with Gasteiger partial charge in [-0.2, -0.15) is 5.26 Å². The molecule has 0 heterocycles. The van der Waals surface area contributed by atoms with Crippen LogP contribution in [0.15, 0.2) is 18.2 Å². The van der Waals surface area contributed by atoms with Crippen molar-refractivity contribution in [3.63, 3.8) is 0 Å². The highest BCUT2D eigenvalue weighted by atomic mass is 16.6. The Morgan fingerprint density at radius 2 is 2.24 bits per heavy atom. The lowest BCUT2D eigenvalue weighted by Crippen LogP contribution is -2.32. The number of aryl methyl sites for hydroxylation is 1.